The molecule has 0 bridgehead atoms. The summed E-state index contributed by atoms with van der Waals surface area (Å²) in [6.07, 6.45) is -4.72. The summed E-state index contributed by atoms with van der Waals surface area (Å²) >= 11 is 0. The van der Waals surface area contributed by atoms with Crippen molar-refractivity contribution in [3.05, 3.63) is 29.8 Å². The number of benzene rings is 1. The highest BCUT2D eigenvalue weighted by atomic mass is 32.2. The smallest absolute Gasteiger partial charge is 0.392 e. The number of aliphatic hydroxyl groups excluding tert-OH is 1. The van der Waals surface area contributed by atoms with Crippen molar-refractivity contribution in [2.75, 3.05) is 0 Å². The van der Waals surface area contributed by atoms with Gasteiger partial charge in [0.15, 0.2) is 9.84 Å². The molecule has 0 aromatic heterocycles. The fourth-order valence-corrected chi connectivity index (χ4v) is 4.97. The van der Waals surface area contributed by atoms with Gasteiger partial charge in [0.05, 0.1) is 21.8 Å². The SMILES string of the molecule is CC1CCC(O)C(S(=O)(=O)c2ccccc2C(F)(F)F)C1. The number of halogens is 3. The quantitative estimate of drug-likeness (QED) is 0.910. The number of rotatable bonds is 2. The molecule has 1 N–H and O–H groups in total. The number of alkyl halides is 3. The van der Waals surface area contributed by atoms with E-state index in [2.05, 4.69) is 0 Å². The van der Waals surface area contributed by atoms with Crippen LogP contribution in [-0.2, 0) is 16.0 Å². The van der Waals surface area contributed by atoms with Gasteiger partial charge >= 0.3 is 6.18 Å². The maximum absolute atomic E-state index is 13.0. The number of aliphatic hydroxyl groups is 1. The number of hydrogen-bond donors (Lipinski definition) is 1. The summed E-state index contributed by atoms with van der Waals surface area (Å²) in [6.45, 7) is 1.84. The van der Waals surface area contributed by atoms with Gasteiger partial charge in [-0.05, 0) is 37.3 Å². The molecule has 0 heterocycles. The van der Waals surface area contributed by atoms with Crippen molar-refractivity contribution in [1.29, 1.82) is 0 Å². The van der Waals surface area contributed by atoms with Gasteiger partial charge in [0.2, 0.25) is 0 Å². The Labute approximate surface area is 121 Å². The van der Waals surface area contributed by atoms with Crippen LogP contribution in [0.1, 0.15) is 31.7 Å². The molecule has 3 unspecified atom stereocenters. The largest absolute Gasteiger partial charge is 0.417 e. The van der Waals surface area contributed by atoms with Gasteiger partial charge in [-0.15, -0.1) is 0 Å². The molecule has 0 radical (unpaired) electrons. The summed E-state index contributed by atoms with van der Waals surface area (Å²) in [6, 6.07) is 4.14. The highest BCUT2D eigenvalue weighted by Crippen LogP contribution is 2.38. The van der Waals surface area contributed by atoms with Crippen LogP contribution < -0.4 is 0 Å². The first-order chi connectivity index (χ1) is 9.64. The van der Waals surface area contributed by atoms with E-state index in [0.717, 1.165) is 18.2 Å². The van der Waals surface area contributed by atoms with E-state index in [-0.39, 0.29) is 12.3 Å². The lowest BCUT2D eigenvalue weighted by molar-refractivity contribution is -0.139. The van der Waals surface area contributed by atoms with Gasteiger partial charge in [-0.2, -0.15) is 13.2 Å². The van der Waals surface area contributed by atoms with Gasteiger partial charge in [0.25, 0.3) is 0 Å². The van der Waals surface area contributed by atoms with E-state index in [1.807, 2.05) is 6.92 Å². The van der Waals surface area contributed by atoms with Crippen molar-refractivity contribution in [3.63, 3.8) is 0 Å². The third-order valence-corrected chi connectivity index (χ3v) is 6.19. The van der Waals surface area contributed by atoms with E-state index in [1.54, 1.807) is 0 Å². The van der Waals surface area contributed by atoms with Crippen molar-refractivity contribution in [1.82, 2.24) is 0 Å². The van der Waals surface area contributed by atoms with E-state index in [4.69, 9.17) is 0 Å². The van der Waals surface area contributed by atoms with Crippen LogP contribution in [0.5, 0.6) is 0 Å². The Kier molecular flexibility index (Phi) is 4.35. The molecule has 7 heteroatoms. The predicted molar refractivity (Wildman–Crippen MR) is 71.4 cm³/mol. The van der Waals surface area contributed by atoms with E-state index in [9.17, 15) is 26.7 Å². The molecule has 1 aliphatic carbocycles. The molecule has 0 spiro atoms. The molecule has 118 valence electrons. The van der Waals surface area contributed by atoms with Crippen LogP contribution in [0.2, 0.25) is 0 Å². The number of hydrogen-bond acceptors (Lipinski definition) is 3. The minimum atomic E-state index is -4.74. The minimum Gasteiger partial charge on any atom is -0.392 e. The lowest BCUT2D eigenvalue weighted by Crippen LogP contribution is -2.40. The van der Waals surface area contributed by atoms with Crippen LogP contribution in [0.25, 0.3) is 0 Å². The van der Waals surface area contributed by atoms with E-state index in [1.165, 1.54) is 6.07 Å². The van der Waals surface area contributed by atoms with Crippen LogP contribution in [0.4, 0.5) is 13.2 Å². The lowest BCUT2D eigenvalue weighted by Gasteiger charge is -2.31. The Morgan fingerprint density at radius 3 is 2.43 bits per heavy atom. The maximum Gasteiger partial charge on any atom is 0.417 e. The first-order valence-corrected chi connectivity index (χ1v) is 8.27. The van der Waals surface area contributed by atoms with Crippen molar-refractivity contribution in [3.8, 4) is 0 Å². The van der Waals surface area contributed by atoms with Crippen molar-refractivity contribution < 1.29 is 26.7 Å². The fourth-order valence-electron chi connectivity index (χ4n) is 2.76. The predicted octanol–water partition coefficient (Wildman–Crippen LogP) is 3.03. The minimum absolute atomic E-state index is 0.0613. The molecule has 1 saturated carbocycles. The zero-order valence-corrected chi connectivity index (χ0v) is 12.3. The molecule has 1 aromatic carbocycles. The summed E-state index contributed by atoms with van der Waals surface area (Å²) in [5.74, 6) is 0.0613. The van der Waals surface area contributed by atoms with Crippen LogP contribution in [0.3, 0.4) is 0 Å². The molecule has 3 nitrogen and oxygen atoms in total. The Hall–Kier alpha value is -1.08. The second-order valence-electron chi connectivity index (χ2n) is 5.56. The molecule has 21 heavy (non-hydrogen) atoms. The van der Waals surface area contributed by atoms with Crippen molar-refractivity contribution in [2.45, 2.75) is 48.6 Å². The van der Waals surface area contributed by atoms with Gasteiger partial charge in [-0.25, -0.2) is 8.42 Å². The average molecular weight is 322 g/mol. The molecule has 3 atom stereocenters. The first-order valence-electron chi connectivity index (χ1n) is 6.72. The van der Waals surface area contributed by atoms with Crippen LogP contribution in [0, 0.1) is 5.92 Å². The Morgan fingerprint density at radius 1 is 1.19 bits per heavy atom. The average Bonchev–Trinajstić information content (AvgIpc) is 2.40. The van der Waals surface area contributed by atoms with Gasteiger partial charge in [-0.1, -0.05) is 19.1 Å². The standard InChI is InChI=1S/C14H17F3O3S/c1-9-6-7-11(18)13(8-9)21(19,20)12-5-3-2-4-10(12)14(15,16)17/h2-5,9,11,13,18H,6-8H2,1H3. The second kappa shape index (κ2) is 5.61. The molecule has 0 aliphatic heterocycles. The zero-order chi connectivity index (χ0) is 15.8. The second-order valence-corrected chi connectivity index (χ2v) is 7.70. The van der Waals surface area contributed by atoms with E-state index < -0.39 is 37.8 Å². The summed E-state index contributed by atoms with van der Waals surface area (Å²) in [5.41, 5.74) is -1.17. The molecule has 1 aromatic rings. The molecule has 0 saturated heterocycles. The Bertz CT molecular complexity index is 610. The van der Waals surface area contributed by atoms with Gasteiger partial charge in [0.1, 0.15) is 0 Å². The van der Waals surface area contributed by atoms with Crippen molar-refractivity contribution >= 4 is 9.84 Å². The molecule has 2 rings (SSSR count). The van der Waals surface area contributed by atoms with Gasteiger partial charge in [0, 0.05) is 0 Å². The lowest BCUT2D eigenvalue weighted by atomic mass is 9.88. The molecule has 1 aliphatic rings. The van der Waals surface area contributed by atoms with Crippen LogP contribution in [-0.4, -0.2) is 24.9 Å². The topological polar surface area (TPSA) is 54.4 Å². The summed E-state index contributed by atoms with van der Waals surface area (Å²) < 4.78 is 64.1. The molecular weight excluding hydrogens is 305 g/mol. The molecule has 0 amide bonds. The normalized spacial score (nSPS) is 27.6. The highest BCUT2D eigenvalue weighted by Gasteiger charge is 2.43. The van der Waals surface area contributed by atoms with E-state index >= 15 is 0 Å². The van der Waals surface area contributed by atoms with Crippen LogP contribution in [0.15, 0.2) is 29.2 Å². The maximum atomic E-state index is 13.0. The first kappa shape index (κ1) is 16.3. The van der Waals surface area contributed by atoms with E-state index in [0.29, 0.717) is 12.8 Å². The Morgan fingerprint density at radius 2 is 1.81 bits per heavy atom. The Balaban J connectivity index is 2.50. The molecular formula is C14H17F3O3S. The summed E-state index contributed by atoms with van der Waals surface area (Å²) in [4.78, 5) is -0.740. The summed E-state index contributed by atoms with van der Waals surface area (Å²) in [5, 5.41) is 8.74. The molecule has 1 fully saturated rings. The zero-order valence-electron chi connectivity index (χ0n) is 11.5. The summed E-state index contributed by atoms with van der Waals surface area (Å²) in [7, 11) is -4.23. The van der Waals surface area contributed by atoms with Crippen molar-refractivity contribution in [2.24, 2.45) is 5.92 Å². The third kappa shape index (κ3) is 3.23. The highest BCUT2D eigenvalue weighted by molar-refractivity contribution is 7.92. The number of sulfone groups is 1. The fraction of sp³-hybridized carbons (Fsp3) is 0.571. The third-order valence-electron chi connectivity index (χ3n) is 3.92. The van der Waals surface area contributed by atoms with Crippen LogP contribution >= 0.6 is 0 Å². The van der Waals surface area contributed by atoms with Gasteiger partial charge in [-0.3, -0.25) is 0 Å². The van der Waals surface area contributed by atoms with Gasteiger partial charge < -0.3 is 5.11 Å². The monoisotopic (exact) mass is 322 g/mol.